The highest BCUT2D eigenvalue weighted by Gasteiger charge is 2.28. The van der Waals surface area contributed by atoms with Crippen LogP contribution in [-0.4, -0.2) is 44.1 Å². The zero-order valence-electron chi connectivity index (χ0n) is 21.4. The number of carbonyl (C=O) groups is 2. The third kappa shape index (κ3) is 4.97. The standard InChI is InChI=1S/C29H32N6O2/c1-18(2)35-28-24(16-31-35)23(15-25(33-28)22-11-5-4-8-19(22)3)29(37)32-21-10-6-9-20(14-21)17-34-13-7-12-26(34)27(30)36/h4-6,8-11,14-16,18,26H,7,12-13,17H2,1-3H3,(H2,30,36)(H,32,37). The molecule has 1 aliphatic heterocycles. The number of primary amides is 1. The molecule has 8 nitrogen and oxygen atoms in total. The van der Waals surface area contributed by atoms with Gasteiger partial charge in [0.05, 0.1) is 28.9 Å². The lowest BCUT2D eigenvalue weighted by atomic mass is 10.0. The Kier molecular flexibility index (Phi) is 6.76. The van der Waals surface area contributed by atoms with Gasteiger partial charge in [-0.25, -0.2) is 9.67 Å². The first-order valence-electron chi connectivity index (χ1n) is 12.7. The second-order valence-electron chi connectivity index (χ2n) is 9.98. The molecule has 0 bridgehead atoms. The lowest BCUT2D eigenvalue weighted by Gasteiger charge is -2.22. The van der Waals surface area contributed by atoms with E-state index in [9.17, 15) is 9.59 Å². The van der Waals surface area contributed by atoms with Crippen LogP contribution in [0.15, 0.2) is 60.8 Å². The van der Waals surface area contributed by atoms with Crippen molar-refractivity contribution in [3.05, 3.63) is 77.5 Å². The Labute approximate surface area is 216 Å². The van der Waals surface area contributed by atoms with Gasteiger partial charge in [0, 0.05) is 23.8 Å². The minimum absolute atomic E-state index is 0.0968. The maximum Gasteiger partial charge on any atom is 0.256 e. The van der Waals surface area contributed by atoms with Crippen LogP contribution in [0.25, 0.3) is 22.3 Å². The molecule has 0 spiro atoms. The number of aromatic nitrogens is 3. The Hall–Kier alpha value is -4.04. The molecule has 2 aromatic heterocycles. The van der Waals surface area contributed by atoms with Crippen molar-refractivity contribution in [1.29, 1.82) is 0 Å². The predicted octanol–water partition coefficient (Wildman–Crippen LogP) is 4.69. The average Bonchev–Trinajstić information content (AvgIpc) is 3.51. The van der Waals surface area contributed by atoms with E-state index < -0.39 is 0 Å². The van der Waals surface area contributed by atoms with E-state index in [0.29, 0.717) is 28.8 Å². The van der Waals surface area contributed by atoms with Crippen molar-refractivity contribution in [1.82, 2.24) is 19.7 Å². The summed E-state index contributed by atoms with van der Waals surface area (Å²) in [6, 6.07) is 17.5. The molecular formula is C29H32N6O2. The summed E-state index contributed by atoms with van der Waals surface area (Å²) in [4.78, 5) is 32.4. The van der Waals surface area contributed by atoms with E-state index in [0.717, 1.165) is 41.8 Å². The summed E-state index contributed by atoms with van der Waals surface area (Å²) in [6.45, 7) is 7.57. The molecule has 4 aromatic rings. The van der Waals surface area contributed by atoms with E-state index in [1.54, 1.807) is 6.20 Å². The van der Waals surface area contributed by atoms with Gasteiger partial charge in [-0.2, -0.15) is 5.10 Å². The number of fused-ring (bicyclic) bond motifs is 1. The molecule has 1 unspecified atom stereocenters. The van der Waals surface area contributed by atoms with Crippen LogP contribution in [0.3, 0.4) is 0 Å². The summed E-state index contributed by atoms with van der Waals surface area (Å²) in [5.74, 6) is -0.506. The average molecular weight is 497 g/mol. The quantitative estimate of drug-likeness (QED) is 0.386. The van der Waals surface area contributed by atoms with Gasteiger partial charge < -0.3 is 11.1 Å². The number of aryl methyl sites for hydroxylation is 1. The van der Waals surface area contributed by atoms with Crippen molar-refractivity contribution in [2.45, 2.75) is 52.2 Å². The number of likely N-dealkylation sites (tertiary alicyclic amines) is 1. The number of pyridine rings is 1. The van der Waals surface area contributed by atoms with E-state index in [1.807, 2.05) is 80.1 Å². The van der Waals surface area contributed by atoms with Crippen molar-refractivity contribution >= 4 is 28.5 Å². The van der Waals surface area contributed by atoms with Gasteiger partial charge in [0.15, 0.2) is 5.65 Å². The molecule has 1 atom stereocenters. The first-order chi connectivity index (χ1) is 17.8. The molecule has 3 heterocycles. The van der Waals surface area contributed by atoms with E-state index in [2.05, 4.69) is 15.3 Å². The van der Waals surface area contributed by atoms with Crippen LogP contribution < -0.4 is 11.1 Å². The second kappa shape index (κ2) is 10.1. The number of rotatable bonds is 7. The number of anilines is 1. The molecule has 1 aliphatic rings. The monoisotopic (exact) mass is 496 g/mol. The lowest BCUT2D eigenvalue weighted by molar-refractivity contribution is -0.122. The van der Waals surface area contributed by atoms with Gasteiger partial charge in [0.2, 0.25) is 5.91 Å². The Bertz CT molecular complexity index is 1470. The molecule has 3 N–H and O–H groups in total. The zero-order valence-corrected chi connectivity index (χ0v) is 21.4. The highest BCUT2D eigenvalue weighted by Crippen LogP contribution is 2.29. The molecule has 1 saturated heterocycles. The lowest BCUT2D eigenvalue weighted by Crippen LogP contribution is -2.39. The van der Waals surface area contributed by atoms with E-state index in [4.69, 9.17) is 10.7 Å². The van der Waals surface area contributed by atoms with Crippen LogP contribution in [0, 0.1) is 6.92 Å². The van der Waals surface area contributed by atoms with Crippen LogP contribution in [0.5, 0.6) is 0 Å². The van der Waals surface area contributed by atoms with Gasteiger partial charge in [0.25, 0.3) is 5.91 Å². The van der Waals surface area contributed by atoms with Gasteiger partial charge in [-0.15, -0.1) is 0 Å². The number of nitrogens with zero attached hydrogens (tertiary/aromatic N) is 4. The minimum atomic E-state index is -0.282. The molecule has 1 fully saturated rings. The second-order valence-corrected chi connectivity index (χ2v) is 9.98. The van der Waals surface area contributed by atoms with Crippen LogP contribution in [0.1, 0.15) is 54.2 Å². The van der Waals surface area contributed by atoms with Gasteiger partial charge in [-0.1, -0.05) is 36.4 Å². The Morgan fingerprint density at radius 2 is 1.95 bits per heavy atom. The molecular weight excluding hydrogens is 464 g/mol. The third-order valence-electron chi connectivity index (χ3n) is 6.98. The summed E-state index contributed by atoms with van der Waals surface area (Å²) in [5.41, 5.74) is 11.3. The molecule has 2 aromatic carbocycles. The maximum atomic E-state index is 13.6. The molecule has 190 valence electrons. The molecule has 0 saturated carbocycles. The summed E-state index contributed by atoms with van der Waals surface area (Å²) >= 11 is 0. The van der Waals surface area contributed by atoms with E-state index in [-0.39, 0.29) is 23.9 Å². The summed E-state index contributed by atoms with van der Waals surface area (Å²) in [6.07, 6.45) is 3.46. The van der Waals surface area contributed by atoms with Gasteiger partial charge in [-0.05, 0) is 69.5 Å². The molecule has 2 amide bonds. The van der Waals surface area contributed by atoms with Crippen molar-refractivity contribution in [2.75, 3.05) is 11.9 Å². The first kappa shape index (κ1) is 24.6. The Morgan fingerprint density at radius 3 is 2.70 bits per heavy atom. The van der Waals surface area contributed by atoms with Crippen LogP contribution >= 0.6 is 0 Å². The Balaban J connectivity index is 1.47. The molecule has 0 aliphatic carbocycles. The number of nitrogens with one attached hydrogen (secondary N) is 1. The molecule has 0 radical (unpaired) electrons. The normalized spacial score (nSPS) is 15.9. The highest BCUT2D eigenvalue weighted by atomic mass is 16.2. The number of amides is 2. The number of hydrogen-bond donors (Lipinski definition) is 2. The van der Waals surface area contributed by atoms with Crippen molar-refractivity contribution in [2.24, 2.45) is 5.73 Å². The smallest absolute Gasteiger partial charge is 0.256 e. The van der Waals surface area contributed by atoms with Crippen LogP contribution in [0.4, 0.5) is 5.69 Å². The number of nitrogens with two attached hydrogens (primary N) is 1. The maximum absolute atomic E-state index is 13.6. The van der Waals surface area contributed by atoms with Gasteiger partial charge in [0.1, 0.15) is 0 Å². The fourth-order valence-electron chi connectivity index (χ4n) is 5.10. The molecule has 8 heteroatoms. The third-order valence-corrected chi connectivity index (χ3v) is 6.98. The zero-order chi connectivity index (χ0) is 26.1. The fraction of sp³-hybridized carbons (Fsp3) is 0.310. The fourth-order valence-corrected chi connectivity index (χ4v) is 5.10. The van der Waals surface area contributed by atoms with Gasteiger partial charge >= 0.3 is 0 Å². The van der Waals surface area contributed by atoms with Gasteiger partial charge in [-0.3, -0.25) is 14.5 Å². The highest BCUT2D eigenvalue weighted by molar-refractivity contribution is 6.12. The molecule has 37 heavy (non-hydrogen) atoms. The number of hydrogen-bond acceptors (Lipinski definition) is 5. The molecule has 5 rings (SSSR count). The SMILES string of the molecule is Cc1ccccc1-c1cc(C(=O)Nc2cccc(CN3CCCC3C(N)=O)c2)c2cnn(C(C)C)c2n1. The van der Waals surface area contributed by atoms with Crippen molar-refractivity contribution in [3.63, 3.8) is 0 Å². The van der Waals surface area contributed by atoms with E-state index in [1.165, 1.54) is 0 Å². The predicted molar refractivity (Wildman–Crippen MR) is 145 cm³/mol. The van der Waals surface area contributed by atoms with Crippen LogP contribution in [0.2, 0.25) is 0 Å². The summed E-state index contributed by atoms with van der Waals surface area (Å²) < 4.78 is 1.85. The van der Waals surface area contributed by atoms with Crippen molar-refractivity contribution < 1.29 is 9.59 Å². The minimum Gasteiger partial charge on any atom is -0.368 e. The summed E-state index contributed by atoms with van der Waals surface area (Å²) in [7, 11) is 0. The Morgan fingerprint density at radius 1 is 1.14 bits per heavy atom. The topological polar surface area (TPSA) is 106 Å². The number of benzene rings is 2. The van der Waals surface area contributed by atoms with Crippen LogP contribution in [-0.2, 0) is 11.3 Å². The summed E-state index contributed by atoms with van der Waals surface area (Å²) in [5, 5.41) is 8.30. The van der Waals surface area contributed by atoms with E-state index >= 15 is 0 Å². The first-order valence-corrected chi connectivity index (χ1v) is 12.7. The largest absolute Gasteiger partial charge is 0.368 e. The van der Waals surface area contributed by atoms with Crippen molar-refractivity contribution in [3.8, 4) is 11.3 Å². The number of carbonyl (C=O) groups excluding carboxylic acids is 2.